The topological polar surface area (TPSA) is 68.5 Å². The van der Waals surface area contributed by atoms with Crippen LogP contribution in [0.1, 0.15) is 10.4 Å². The lowest BCUT2D eigenvalue weighted by Gasteiger charge is -2.08. The minimum atomic E-state index is -4.86. The van der Waals surface area contributed by atoms with Gasteiger partial charge in [0.25, 0.3) is 5.91 Å². The zero-order valence-corrected chi connectivity index (χ0v) is 13.9. The van der Waals surface area contributed by atoms with Gasteiger partial charge in [0.1, 0.15) is 29.7 Å². The quantitative estimate of drug-likeness (QED) is 0.685. The molecule has 1 N–H and O–H groups in total. The number of alkyl halides is 3. The van der Waals surface area contributed by atoms with Gasteiger partial charge in [-0.1, -0.05) is 0 Å². The van der Waals surface area contributed by atoms with Crippen LogP contribution in [0.5, 0.6) is 5.75 Å². The molecule has 1 amide bonds. The number of halogens is 4. The summed E-state index contributed by atoms with van der Waals surface area (Å²) >= 11 is 0. The minimum Gasteiger partial charge on any atom is -0.455 e. The second kappa shape index (κ2) is 7.90. The molecular weight excluding hydrogens is 370 g/mol. The Kier molecular flexibility index (Phi) is 5.84. The van der Waals surface area contributed by atoms with E-state index in [-0.39, 0.29) is 22.3 Å². The number of nitrogens with one attached hydrogen (secondary N) is 1. The first kappa shape index (κ1) is 20.0. The molecule has 1 heterocycles. The summed E-state index contributed by atoms with van der Waals surface area (Å²) in [4.78, 5) is 20.2. The van der Waals surface area contributed by atoms with Crippen LogP contribution in [0.25, 0.3) is 22.3 Å². The molecule has 0 saturated heterocycles. The lowest BCUT2D eigenvalue weighted by molar-refractivity contribution is -0.274. The Morgan fingerprint density at radius 3 is 2.30 bits per heavy atom. The van der Waals surface area contributed by atoms with Crippen molar-refractivity contribution in [1.29, 1.82) is 0 Å². The summed E-state index contributed by atoms with van der Waals surface area (Å²) in [7, 11) is 1.38. The Labute approximate surface area is 150 Å². The number of fused-ring (bicyclic) bond motifs is 1. The maximum Gasteiger partial charge on any atom is 0.573 e. The third-order valence-electron chi connectivity index (χ3n) is 3.45. The monoisotopic (exact) mass is 383 g/mol. The SMILES string of the molecule is C=O.CNC(=O)c1c(-c2ccc(F)cc2)oc2ccc(OC(F)(F)F)cc12. The molecule has 3 aromatic rings. The van der Waals surface area contributed by atoms with Crippen LogP contribution in [-0.4, -0.2) is 26.1 Å². The molecule has 0 aliphatic carbocycles. The van der Waals surface area contributed by atoms with Gasteiger partial charge >= 0.3 is 6.36 Å². The van der Waals surface area contributed by atoms with E-state index in [4.69, 9.17) is 9.21 Å². The zero-order valence-electron chi connectivity index (χ0n) is 13.9. The highest BCUT2D eigenvalue weighted by Gasteiger charge is 2.31. The fourth-order valence-electron chi connectivity index (χ4n) is 2.43. The van der Waals surface area contributed by atoms with Gasteiger partial charge in [-0.05, 0) is 42.5 Å². The summed E-state index contributed by atoms with van der Waals surface area (Å²) in [6, 6.07) is 8.63. The molecule has 0 fully saturated rings. The van der Waals surface area contributed by atoms with E-state index >= 15 is 0 Å². The summed E-state index contributed by atoms with van der Waals surface area (Å²) < 4.78 is 59.9. The van der Waals surface area contributed by atoms with Gasteiger partial charge in [-0.2, -0.15) is 0 Å². The Morgan fingerprint density at radius 2 is 1.74 bits per heavy atom. The van der Waals surface area contributed by atoms with Gasteiger partial charge in [0.15, 0.2) is 0 Å². The molecular formula is C18H13F4NO4. The second-order valence-electron chi connectivity index (χ2n) is 5.10. The Morgan fingerprint density at radius 1 is 1.11 bits per heavy atom. The number of carbonyl (C=O) groups is 2. The van der Waals surface area contributed by atoms with E-state index in [1.165, 1.54) is 37.4 Å². The number of hydrogen-bond donors (Lipinski definition) is 1. The van der Waals surface area contributed by atoms with Crippen LogP contribution in [0.2, 0.25) is 0 Å². The van der Waals surface area contributed by atoms with E-state index in [0.717, 1.165) is 12.1 Å². The molecule has 9 heteroatoms. The molecule has 1 aromatic heterocycles. The minimum absolute atomic E-state index is 0.0386. The van der Waals surface area contributed by atoms with Gasteiger partial charge < -0.3 is 19.3 Å². The van der Waals surface area contributed by atoms with Gasteiger partial charge in [-0.15, -0.1) is 13.2 Å². The first-order valence-electron chi connectivity index (χ1n) is 7.37. The van der Waals surface area contributed by atoms with Crippen molar-refractivity contribution in [1.82, 2.24) is 5.32 Å². The average molecular weight is 383 g/mol. The fraction of sp³-hybridized carbons (Fsp3) is 0.111. The van der Waals surface area contributed by atoms with E-state index < -0.39 is 23.8 Å². The molecule has 0 bridgehead atoms. The number of hydrogen-bond acceptors (Lipinski definition) is 4. The van der Waals surface area contributed by atoms with Crippen molar-refractivity contribution in [2.45, 2.75) is 6.36 Å². The van der Waals surface area contributed by atoms with E-state index in [9.17, 15) is 22.4 Å². The first-order chi connectivity index (χ1) is 12.8. The second-order valence-corrected chi connectivity index (χ2v) is 5.10. The number of ether oxygens (including phenoxy) is 1. The maximum atomic E-state index is 13.1. The van der Waals surface area contributed by atoms with E-state index in [1.807, 2.05) is 6.79 Å². The van der Waals surface area contributed by atoms with Gasteiger partial charge in [0.05, 0.1) is 5.56 Å². The lowest BCUT2D eigenvalue weighted by Crippen LogP contribution is -2.18. The maximum absolute atomic E-state index is 13.1. The predicted octanol–water partition coefficient (Wildman–Crippen LogP) is 4.31. The van der Waals surface area contributed by atoms with Crippen LogP contribution in [0.3, 0.4) is 0 Å². The molecule has 3 rings (SSSR count). The molecule has 2 aromatic carbocycles. The highest BCUT2D eigenvalue weighted by molar-refractivity contribution is 6.11. The number of furan rings is 1. The summed E-state index contributed by atoms with van der Waals surface area (Å²) in [5, 5.41) is 2.57. The molecule has 0 saturated carbocycles. The Bertz CT molecular complexity index is 948. The molecule has 142 valence electrons. The predicted molar refractivity (Wildman–Crippen MR) is 88.8 cm³/mol. The first-order valence-corrected chi connectivity index (χ1v) is 7.37. The molecule has 5 nitrogen and oxygen atoms in total. The van der Waals surface area contributed by atoms with Crippen LogP contribution in [-0.2, 0) is 4.79 Å². The van der Waals surface area contributed by atoms with Crippen molar-refractivity contribution in [3.8, 4) is 17.1 Å². The van der Waals surface area contributed by atoms with Crippen LogP contribution in [0.4, 0.5) is 17.6 Å². The van der Waals surface area contributed by atoms with Crippen molar-refractivity contribution in [3.63, 3.8) is 0 Å². The number of amides is 1. The van der Waals surface area contributed by atoms with Crippen LogP contribution >= 0.6 is 0 Å². The molecule has 0 aliphatic rings. The molecule has 0 spiro atoms. The standard InChI is InChI=1S/C17H11F4NO3.CH2O/c1-22-16(23)14-12-8-11(25-17(19,20)21)6-7-13(12)24-15(14)9-2-4-10(18)5-3-9;1-2/h2-8H,1H3,(H,22,23);1H2. The van der Waals surface area contributed by atoms with Crippen LogP contribution in [0.15, 0.2) is 46.9 Å². The average Bonchev–Trinajstić information content (AvgIpc) is 3.00. The molecule has 0 aliphatic heterocycles. The third-order valence-corrected chi connectivity index (χ3v) is 3.45. The number of carbonyl (C=O) groups excluding carboxylic acids is 2. The summed E-state index contributed by atoms with van der Waals surface area (Å²) in [5.74, 6) is -1.38. The zero-order chi connectivity index (χ0) is 20.2. The summed E-state index contributed by atoms with van der Waals surface area (Å²) in [6.07, 6.45) is -4.86. The number of benzene rings is 2. The summed E-state index contributed by atoms with van der Waals surface area (Å²) in [5.41, 5.74) is 0.652. The normalized spacial score (nSPS) is 10.9. The van der Waals surface area contributed by atoms with Gasteiger partial charge in [0.2, 0.25) is 0 Å². The smallest absolute Gasteiger partial charge is 0.455 e. The van der Waals surface area contributed by atoms with E-state index in [0.29, 0.717) is 5.56 Å². The van der Waals surface area contributed by atoms with Crippen molar-refractivity contribution < 1.29 is 36.3 Å². The summed E-state index contributed by atoms with van der Waals surface area (Å²) in [6.45, 7) is 2.00. The third kappa shape index (κ3) is 4.43. The van der Waals surface area contributed by atoms with Crippen molar-refractivity contribution in [3.05, 3.63) is 53.8 Å². The van der Waals surface area contributed by atoms with Crippen molar-refractivity contribution in [2.24, 2.45) is 0 Å². The molecule has 0 radical (unpaired) electrons. The Balaban J connectivity index is 0.00000126. The molecule has 27 heavy (non-hydrogen) atoms. The van der Waals surface area contributed by atoms with E-state index in [1.54, 1.807) is 0 Å². The van der Waals surface area contributed by atoms with Gasteiger partial charge in [-0.3, -0.25) is 4.79 Å². The van der Waals surface area contributed by atoms with Gasteiger partial charge in [0, 0.05) is 18.0 Å². The highest BCUT2D eigenvalue weighted by Crippen LogP contribution is 2.36. The van der Waals surface area contributed by atoms with Crippen molar-refractivity contribution in [2.75, 3.05) is 7.05 Å². The lowest BCUT2D eigenvalue weighted by atomic mass is 10.0. The van der Waals surface area contributed by atoms with E-state index in [2.05, 4.69) is 10.1 Å². The Hall–Kier alpha value is -3.36. The fourth-order valence-corrected chi connectivity index (χ4v) is 2.43. The number of rotatable bonds is 3. The highest BCUT2D eigenvalue weighted by atomic mass is 19.4. The molecule has 0 unspecified atom stereocenters. The van der Waals surface area contributed by atoms with Crippen LogP contribution in [0, 0.1) is 5.82 Å². The van der Waals surface area contributed by atoms with Gasteiger partial charge in [-0.25, -0.2) is 4.39 Å². The largest absolute Gasteiger partial charge is 0.573 e. The molecule has 0 atom stereocenters. The van der Waals surface area contributed by atoms with Crippen molar-refractivity contribution >= 4 is 23.7 Å². The van der Waals surface area contributed by atoms with Crippen LogP contribution < -0.4 is 10.1 Å².